The van der Waals surface area contributed by atoms with Crippen LogP contribution in [-0.2, 0) is 6.42 Å². The topological polar surface area (TPSA) is 30.5 Å². The summed E-state index contributed by atoms with van der Waals surface area (Å²) in [6.07, 6.45) is 0.963. The molecule has 0 aliphatic carbocycles. The number of hydrogen-bond acceptors (Lipinski definition) is 3. The second kappa shape index (κ2) is 3.64. The van der Waals surface area contributed by atoms with Gasteiger partial charge in [-0.15, -0.1) is 0 Å². The molecule has 0 saturated heterocycles. The highest BCUT2D eigenvalue weighted by Gasteiger charge is 2.36. The maximum absolute atomic E-state index is 6.01. The molecule has 0 spiro atoms. The van der Waals surface area contributed by atoms with Gasteiger partial charge in [0.1, 0.15) is 12.2 Å². The van der Waals surface area contributed by atoms with Crippen LogP contribution in [0.3, 0.4) is 0 Å². The van der Waals surface area contributed by atoms with Crippen molar-refractivity contribution in [2.45, 2.75) is 38.8 Å². The van der Waals surface area contributed by atoms with Crippen molar-refractivity contribution in [3.63, 3.8) is 0 Å². The molecular formula is C14H19NO2. The lowest BCUT2D eigenvalue weighted by molar-refractivity contribution is 0.133. The van der Waals surface area contributed by atoms with E-state index < -0.39 is 0 Å². The molecule has 0 amide bonds. The maximum atomic E-state index is 6.01. The molecular weight excluding hydrogens is 214 g/mol. The minimum absolute atomic E-state index is 0.100. The number of rotatable bonds is 2. The van der Waals surface area contributed by atoms with Crippen LogP contribution in [0.2, 0.25) is 0 Å². The Kier molecular flexibility index (Phi) is 2.33. The van der Waals surface area contributed by atoms with Crippen molar-refractivity contribution in [3.05, 3.63) is 23.3 Å². The van der Waals surface area contributed by atoms with Crippen molar-refractivity contribution in [2.75, 3.05) is 13.2 Å². The molecule has 1 N–H and O–H groups in total. The lowest BCUT2D eigenvalue weighted by Gasteiger charge is -2.17. The summed E-state index contributed by atoms with van der Waals surface area (Å²) >= 11 is 0. The van der Waals surface area contributed by atoms with E-state index in [9.17, 15) is 0 Å². The molecule has 0 bridgehead atoms. The van der Waals surface area contributed by atoms with Gasteiger partial charge < -0.3 is 14.8 Å². The molecule has 3 nitrogen and oxygen atoms in total. The molecule has 1 aromatic rings. The normalized spacial score (nSPS) is 23.8. The first kappa shape index (κ1) is 10.9. The summed E-state index contributed by atoms with van der Waals surface area (Å²) in [7, 11) is 0. The molecule has 2 heterocycles. The SMILES string of the molecule is CCNC1COc2c1ccc1c2OC(C)(C)C1. The third-order valence-electron chi connectivity index (χ3n) is 3.44. The van der Waals surface area contributed by atoms with Gasteiger partial charge in [0.05, 0.1) is 6.04 Å². The maximum Gasteiger partial charge on any atom is 0.166 e. The first-order chi connectivity index (χ1) is 8.11. The van der Waals surface area contributed by atoms with Gasteiger partial charge in [-0.2, -0.15) is 0 Å². The van der Waals surface area contributed by atoms with Crippen LogP contribution in [0.5, 0.6) is 11.5 Å². The molecule has 2 aliphatic rings. The number of likely N-dealkylation sites (N-methyl/N-ethyl adjacent to an activating group) is 1. The molecule has 0 aromatic heterocycles. The van der Waals surface area contributed by atoms with E-state index in [0.717, 1.165) is 24.5 Å². The van der Waals surface area contributed by atoms with Gasteiger partial charge in [-0.05, 0) is 20.4 Å². The van der Waals surface area contributed by atoms with Gasteiger partial charge in [-0.3, -0.25) is 0 Å². The second-order valence-electron chi connectivity index (χ2n) is 5.43. The van der Waals surface area contributed by atoms with Gasteiger partial charge in [0, 0.05) is 17.5 Å². The van der Waals surface area contributed by atoms with E-state index in [2.05, 4.69) is 38.2 Å². The van der Waals surface area contributed by atoms with Crippen molar-refractivity contribution in [3.8, 4) is 11.5 Å². The minimum Gasteiger partial charge on any atom is -0.487 e. The predicted octanol–water partition coefficient (Wildman–Crippen LogP) is 2.44. The van der Waals surface area contributed by atoms with Gasteiger partial charge in [0.2, 0.25) is 0 Å². The van der Waals surface area contributed by atoms with Crippen molar-refractivity contribution in [1.82, 2.24) is 5.32 Å². The first-order valence-corrected chi connectivity index (χ1v) is 6.32. The van der Waals surface area contributed by atoms with Crippen LogP contribution in [0.1, 0.15) is 37.9 Å². The van der Waals surface area contributed by atoms with Gasteiger partial charge in [-0.1, -0.05) is 19.1 Å². The average Bonchev–Trinajstić information content (AvgIpc) is 2.78. The Morgan fingerprint density at radius 3 is 2.94 bits per heavy atom. The molecule has 0 radical (unpaired) electrons. The summed E-state index contributed by atoms with van der Waals surface area (Å²) in [5.74, 6) is 1.92. The zero-order valence-corrected chi connectivity index (χ0v) is 10.7. The lowest BCUT2D eigenvalue weighted by atomic mass is 9.99. The Morgan fingerprint density at radius 2 is 2.18 bits per heavy atom. The highest BCUT2D eigenvalue weighted by Crippen LogP contribution is 2.48. The Bertz CT molecular complexity index is 454. The molecule has 1 aromatic carbocycles. The summed E-state index contributed by atoms with van der Waals surface area (Å²) in [5.41, 5.74) is 2.41. The van der Waals surface area contributed by atoms with Crippen molar-refractivity contribution >= 4 is 0 Å². The van der Waals surface area contributed by atoms with E-state index in [1.807, 2.05) is 0 Å². The molecule has 1 atom stereocenters. The molecule has 92 valence electrons. The van der Waals surface area contributed by atoms with Crippen LogP contribution in [-0.4, -0.2) is 18.8 Å². The van der Waals surface area contributed by atoms with E-state index in [0.29, 0.717) is 12.6 Å². The van der Waals surface area contributed by atoms with Crippen LogP contribution in [0.25, 0.3) is 0 Å². The smallest absolute Gasteiger partial charge is 0.166 e. The van der Waals surface area contributed by atoms with Gasteiger partial charge >= 0.3 is 0 Å². The third kappa shape index (κ3) is 1.69. The fraction of sp³-hybridized carbons (Fsp3) is 0.571. The second-order valence-corrected chi connectivity index (χ2v) is 5.43. The van der Waals surface area contributed by atoms with E-state index in [1.54, 1.807) is 0 Å². The Balaban J connectivity index is 2.00. The zero-order valence-electron chi connectivity index (χ0n) is 10.7. The Labute approximate surface area is 102 Å². The highest BCUT2D eigenvalue weighted by molar-refractivity contribution is 5.57. The molecule has 0 saturated carbocycles. The molecule has 0 fully saturated rings. The number of nitrogens with one attached hydrogen (secondary N) is 1. The fourth-order valence-corrected chi connectivity index (χ4v) is 2.74. The summed E-state index contributed by atoms with van der Waals surface area (Å²) in [5, 5.41) is 3.43. The molecule has 3 heteroatoms. The zero-order chi connectivity index (χ0) is 12.0. The molecule has 17 heavy (non-hydrogen) atoms. The summed E-state index contributed by atoms with van der Waals surface area (Å²) in [6.45, 7) is 8.03. The van der Waals surface area contributed by atoms with Crippen LogP contribution in [0.15, 0.2) is 12.1 Å². The van der Waals surface area contributed by atoms with Crippen LogP contribution >= 0.6 is 0 Å². The number of hydrogen-bond donors (Lipinski definition) is 1. The van der Waals surface area contributed by atoms with Crippen LogP contribution in [0, 0.1) is 0 Å². The Hall–Kier alpha value is -1.22. The van der Waals surface area contributed by atoms with Gasteiger partial charge in [0.25, 0.3) is 0 Å². The highest BCUT2D eigenvalue weighted by atomic mass is 16.5. The largest absolute Gasteiger partial charge is 0.487 e. The quantitative estimate of drug-likeness (QED) is 0.851. The number of fused-ring (bicyclic) bond motifs is 3. The van der Waals surface area contributed by atoms with Crippen molar-refractivity contribution in [1.29, 1.82) is 0 Å². The summed E-state index contributed by atoms with van der Waals surface area (Å²) in [4.78, 5) is 0. The van der Waals surface area contributed by atoms with E-state index >= 15 is 0 Å². The lowest BCUT2D eigenvalue weighted by Crippen LogP contribution is -2.24. The van der Waals surface area contributed by atoms with E-state index in [1.165, 1.54) is 11.1 Å². The molecule has 1 unspecified atom stereocenters. The number of ether oxygens (including phenoxy) is 2. The van der Waals surface area contributed by atoms with Gasteiger partial charge in [0.15, 0.2) is 11.5 Å². The van der Waals surface area contributed by atoms with Crippen molar-refractivity contribution < 1.29 is 9.47 Å². The predicted molar refractivity (Wildman–Crippen MR) is 66.8 cm³/mol. The van der Waals surface area contributed by atoms with E-state index in [-0.39, 0.29) is 5.60 Å². The standard InChI is InChI=1S/C14H19NO2/c1-4-15-11-8-16-13-10(11)6-5-9-7-14(2,3)17-12(9)13/h5-6,11,15H,4,7-8H2,1-3H3. The molecule has 2 aliphatic heterocycles. The summed E-state index contributed by atoms with van der Waals surface area (Å²) < 4.78 is 11.8. The van der Waals surface area contributed by atoms with Crippen LogP contribution < -0.4 is 14.8 Å². The van der Waals surface area contributed by atoms with E-state index in [4.69, 9.17) is 9.47 Å². The average molecular weight is 233 g/mol. The minimum atomic E-state index is -0.100. The first-order valence-electron chi connectivity index (χ1n) is 6.32. The summed E-state index contributed by atoms with van der Waals surface area (Å²) in [6, 6.07) is 4.67. The third-order valence-corrected chi connectivity index (χ3v) is 3.44. The van der Waals surface area contributed by atoms with Crippen molar-refractivity contribution in [2.24, 2.45) is 0 Å². The van der Waals surface area contributed by atoms with Crippen LogP contribution in [0.4, 0.5) is 0 Å². The monoisotopic (exact) mass is 233 g/mol. The molecule has 3 rings (SSSR count). The number of benzene rings is 1. The van der Waals surface area contributed by atoms with Gasteiger partial charge in [-0.25, -0.2) is 0 Å². The Morgan fingerprint density at radius 1 is 1.35 bits per heavy atom. The fourth-order valence-electron chi connectivity index (χ4n) is 2.74.